The highest BCUT2D eigenvalue weighted by molar-refractivity contribution is 7.98. The lowest BCUT2D eigenvalue weighted by atomic mass is 9.94. The molecule has 0 amide bonds. The van der Waals surface area contributed by atoms with Gasteiger partial charge in [-0.2, -0.15) is 0 Å². The van der Waals surface area contributed by atoms with E-state index in [9.17, 15) is 9.90 Å². The zero-order chi connectivity index (χ0) is 14.8. The van der Waals surface area contributed by atoms with Crippen molar-refractivity contribution in [2.24, 2.45) is 5.41 Å². The molecular weight excluding hydrogens is 276 g/mol. The lowest BCUT2D eigenvalue weighted by Crippen LogP contribution is -2.30. The number of hydrogen-bond donors (Lipinski definition) is 1. The first-order valence-corrected chi connectivity index (χ1v) is 7.31. The lowest BCUT2D eigenvalue weighted by Gasteiger charge is -2.19. The smallest absolute Gasteiger partial charge is 0.310 e. The van der Waals surface area contributed by atoms with Crippen LogP contribution < -0.4 is 0 Å². The number of carbonyl (C=O) groups is 1. The van der Waals surface area contributed by atoms with Gasteiger partial charge in [-0.05, 0) is 42.7 Å². The Morgan fingerprint density at radius 3 is 2.75 bits per heavy atom. The molecule has 1 aromatic heterocycles. The van der Waals surface area contributed by atoms with Crippen LogP contribution in [0.3, 0.4) is 0 Å². The van der Waals surface area contributed by atoms with E-state index in [-0.39, 0.29) is 6.54 Å². The maximum Gasteiger partial charge on any atom is 0.310 e. The third-order valence-electron chi connectivity index (χ3n) is 3.00. The zero-order valence-corrected chi connectivity index (χ0v) is 12.4. The second-order valence-corrected chi connectivity index (χ2v) is 5.90. The van der Waals surface area contributed by atoms with Gasteiger partial charge in [0.05, 0.1) is 12.0 Å². The van der Waals surface area contributed by atoms with Crippen LogP contribution in [0.5, 0.6) is 0 Å². The molecule has 0 aliphatic carbocycles. The van der Waals surface area contributed by atoms with Gasteiger partial charge in [0.15, 0.2) is 5.82 Å². The van der Waals surface area contributed by atoms with Crippen molar-refractivity contribution in [3.63, 3.8) is 0 Å². The molecule has 7 heteroatoms. The predicted molar refractivity (Wildman–Crippen MR) is 76.5 cm³/mol. The van der Waals surface area contributed by atoms with Crippen molar-refractivity contribution in [3.05, 3.63) is 24.3 Å². The Kier molecular flexibility index (Phi) is 4.08. The van der Waals surface area contributed by atoms with E-state index in [1.807, 2.05) is 30.5 Å². The summed E-state index contributed by atoms with van der Waals surface area (Å²) in [5.41, 5.74) is -0.0236. The van der Waals surface area contributed by atoms with Gasteiger partial charge in [0.2, 0.25) is 0 Å². The monoisotopic (exact) mass is 292 g/mol. The highest BCUT2D eigenvalue weighted by Gasteiger charge is 2.29. The van der Waals surface area contributed by atoms with Crippen molar-refractivity contribution in [1.29, 1.82) is 0 Å². The van der Waals surface area contributed by atoms with Crippen LogP contribution in [0.1, 0.15) is 13.8 Å². The Balaban J connectivity index is 2.41. The van der Waals surface area contributed by atoms with E-state index in [1.54, 1.807) is 30.3 Å². The molecule has 1 N–H and O–H groups in total. The average molecular weight is 292 g/mol. The Morgan fingerprint density at radius 2 is 2.10 bits per heavy atom. The molecule has 0 fully saturated rings. The molecule has 0 aliphatic heterocycles. The van der Waals surface area contributed by atoms with Gasteiger partial charge >= 0.3 is 5.97 Å². The maximum atomic E-state index is 11.2. The largest absolute Gasteiger partial charge is 0.481 e. The highest BCUT2D eigenvalue weighted by Crippen LogP contribution is 2.29. The predicted octanol–water partition coefficient (Wildman–Crippen LogP) is 2.17. The maximum absolute atomic E-state index is 11.2. The first-order chi connectivity index (χ1) is 9.45. The normalized spacial score (nSPS) is 11.6. The SMILES string of the molecule is CSc1ccccc1-c1nnnn1CC(C)(C)C(=O)O. The number of benzene rings is 1. The van der Waals surface area contributed by atoms with E-state index in [0.29, 0.717) is 5.82 Å². The van der Waals surface area contributed by atoms with E-state index in [2.05, 4.69) is 15.5 Å². The fourth-order valence-corrected chi connectivity index (χ4v) is 2.37. The molecule has 0 aliphatic rings. The van der Waals surface area contributed by atoms with Crippen LogP contribution in [0.4, 0.5) is 0 Å². The topological polar surface area (TPSA) is 80.9 Å². The molecule has 2 rings (SSSR count). The summed E-state index contributed by atoms with van der Waals surface area (Å²) < 4.78 is 1.54. The van der Waals surface area contributed by atoms with Crippen molar-refractivity contribution >= 4 is 17.7 Å². The fraction of sp³-hybridized carbons (Fsp3) is 0.385. The standard InChI is InChI=1S/C13H16N4O2S/c1-13(2,12(18)19)8-17-11(14-15-16-17)9-6-4-5-7-10(9)20-3/h4-7H,8H2,1-3H3,(H,18,19). The minimum atomic E-state index is -0.932. The molecule has 0 spiro atoms. The Labute approximate surface area is 121 Å². The highest BCUT2D eigenvalue weighted by atomic mass is 32.2. The second-order valence-electron chi connectivity index (χ2n) is 5.05. The first-order valence-electron chi connectivity index (χ1n) is 6.08. The number of hydrogen-bond acceptors (Lipinski definition) is 5. The zero-order valence-electron chi connectivity index (χ0n) is 11.6. The van der Waals surface area contributed by atoms with Crippen LogP contribution in [0, 0.1) is 5.41 Å². The van der Waals surface area contributed by atoms with Crippen LogP contribution in [-0.2, 0) is 11.3 Å². The Morgan fingerprint density at radius 1 is 1.40 bits per heavy atom. The summed E-state index contributed by atoms with van der Waals surface area (Å²) in [4.78, 5) is 12.3. The van der Waals surface area contributed by atoms with Crippen molar-refractivity contribution in [1.82, 2.24) is 20.2 Å². The molecule has 1 heterocycles. The van der Waals surface area contributed by atoms with E-state index in [4.69, 9.17) is 0 Å². The van der Waals surface area contributed by atoms with Crippen molar-refractivity contribution < 1.29 is 9.90 Å². The number of carboxylic acid groups (broad SMARTS) is 1. The van der Waals surface area contributed by atoms with Crippen LogP contribution in [0.25, 0.3) is 11.4 Å². The van der Waals surface area contributed by atoms with Crippen molar-refractivity contribution in [3.8, 4) is 11.4 Å². The number of thioether (sulfide) groups is 1. The molecule has 0 radical (unpaired) electrons. The number of aliphatic carboxylic acids is 1. The van der Waals surface area contributed by atoms with Crippen molar-refractivity contribution in [2.45, 2.75) is 25.3 Å². The summed E-state index contributed by atoms with van der Waals surface area (Å²) in [6.45, 7) is 3.52. The van der Waals surface area contributed by atoms with Crippen LogP contribution in [0.15, 0.2) is 29.2 Å². The number of rotatable bonds is 5. The first kappa shape index (κ1) is 14.5. The number of carboxylic acids is 1. The van der Waals surface area contributed by atoms with Crippen molar-refractivity contribution in [2.75, 3.05) is 6.26 Å². The molecule has 106 valence electrons. The third kappa shape index (κ3) is 2.82. The van der Waals surface area contributed by atoms with E-state index < -0.39 is 11.4 Å². The molecule has 0 saturated heterocycles. The lowest BCUT2D eigenvalue weighted by molar-refractivity contribution is -0.147. The minimum absolute atomic E-state index is 0.216. The summed E-state index contributed by atoms with van der Waals surface area (Å²) in [5.74, 6) is -0.290. The van der Waals surface area contributed by atoms with Gasteiger partial charge in [0.25, 0.3) is 0 Å². The molecule has 0 unspecified atom stereocenters. The van der Waals surface area contributed by atoms with Gasteiger partial charge in [-0.15, -0.1) is 16.9 Å². The molecular formula is C13H16N4O2S. The third-order valence-corrected chi connectivity index (χ3v) is 3.80. The van der Waals surface area contributed by atoms with Gasteiger partial charge in [0.1, 0.15) is 0 Å². The summed E-state index contributed by atoms with van der Waals surface area (Å²) in [5, 5.41) is 20.8. The minimum Gasteiger partial charge on any atom is -0.481 e. The second kappa shape index (κ2) is 5.62. The molecule has 0 saturated carbocycles. The van der Waals surface area contributed by atoms with E-state index >= 15 is 0 Å². The summed E-state index contributed by atoms with van der Waals surface area (Å²) in [6, 6.07) is 7.78. The van der Waals surface area contributed by atoms with E-state index in [1.165, 1.54) is 0 Å². The Hall–Kier alpha value is -1.89. The number of tetrazole rings is 1. The van der Waals surface area contributed by atoms with Gasteiger partial charge < -0.3 is 5.11 Å². The van der Waals surface area contributed by atoms with Gasteiger partial charge in [-0.1, -0.05) is 12.1 Å². The summed E-state index contributed by atoms with van der Waals surface area (Å²) >= 11 is 1.60. The quantitative estimate of drug-likeness (QED) is 0.851. The molecule has 2 aromatic rings. The summed E-state index contributed by atoms with van der Waals surface area (Å²) in [7, 11) is 0. The van der Waals surface area contributed by atoms with Gasteiger partial charge in [-0.25, -0.2) is 4.68 Å². The molecule has 1 aromatic carbocycles. The molecule has 6 nitrogen and oxygen atoms in total. The van der Waals surface area contributed by atoms with Crippen LogP contribution >= 0.6 is 11.8 Å². The number of nitrogens with zero attached hydrogens (tertiary/aromatic N) is 4. The van der Waals surface area contributed by atoms with E-state index in [0.717, 1.165) is 10.5 Å². The van der Waals surface area contributed by atoms with Gasteiger partial charge in [-0.3, -0.25) is 4.79 Å². The molecule has 20 heavy (non-hydrogen) atoms. The number of aromatic nitrogens is 4. The summed E-state index contributed by atoms with van der Waals surface area (Å²) in [6.07, 6.45) is 1.98. The molecule has 0 atom stereocenters. The molecule has 0 bridgehead atoms. The fourth-order valence-electron chi connectivity index (χ4n) is 1.78. The van der Waals surface area contributed by atoms with Gasteiger partial charge in [0, 0.05) is 10.5 Å². The Bertz CT molecular complexity index is 624. The van der Waals surface area contributed by atoms with Crippen LogP contribution in [0.2, 0.25) is 0 Å². The average Bonchev–Trinajstić information content (AvgIpc) is 2.85. The van der Waals surface area contributed by atoms with Crippen LogP contribution in [-0.4, -0.2) is 37.5 Å².